The van der Waals surface area contributed by atoms with E-state index in [2.05, 4.69) is 5.10 Å². The SMILES string of the molecule is CC(=O)Oc1ccccc1[C@H]1OC(c2ccc(Cl)cc2Cl)=NN1C(C)=O. The van der Waals surface area contributed by atoms with Crippen LogP contribution in [0.5, 0.6) is 5.75 Å². The van der Waals surface area contributed by atoms with Gasteiger partial charge >= 0.3 is 5.97 Å². The lowest BCUT2D eigenvalue weighted by molar-refractivity contribution is -0.135. The van der Waals surface area contributed by atoms with Crippen molar-refractivity contribution in [2.45, 2.75) is 20.1 Å². The average molecular weight is 393 g/mol. The van der Waals surface area contributed by atoms with E-state index in [1.165, 1.54) is 18.9 Å². The van der Waals surface area contributed by atoms with Gasteiger partial charge < -0.3 is 9.47 Å². The zero-order chi connectivity index (χ0) is 18.8. The van der Waals surface area contributed by atoms with Gasteiger partial charge in [0.05, 0.1) is 16.1 Å². The summed E-state index contributed by atoms with van der Waals surface area (Å²) >= 11 is 12.1. The smallest absolute Gasteiger partial charge is 0.308 e. The van der Waals surface area contributed by atoms with Crippen molar-refractivity contribution in [1.82, 2.24) is 5.01 Å². The lowest BCUT2D eigenvalue weighted by atomic mass is 10.1. The van der Waals surface area contributed by atoms with Crippen molar-refractivity contribution in [3.8, 4) is 5.75 Å². The maximum absolute atomic E-state index is 12.1. The number of hydrazone groups is 1. The van der Waals surface area contributed by atoms with Crippen LogP contribution in [0.4, 0.5) is 0 Å². The molecule has 0 aromatic heterocycles. The first-order valence-corrected chi connectivity index (χ1v) is 8.40. The molecule has 8 heteroatoms. The molecule has 3 rings (SSSR count). The monoisotopic (exact) mass is 392 g/mol. The van der Waals surface area contributed by atoms with Crippen molar-refractivity contribution in [3.63, 3.8) is 0 Å². The van der Waals surface area contributed by atoms with Crippen molar-refractivity contribution in [3.05, 3.63) is 63.6 Å². The topological polar surface area (TPSA) is 68.2 Å². The maximum Gasteiger partial charge on any atom is 0.308 e. The minimum atomic E-state index is -0.884. The second-order valence-corrected chi connectivity index (χ2v) is 6.34. The zero-order valence-electron chi connectivity index (χ0n) is 13.9. The maximum atomic E-state index is 12.1. The van der Waals surface area contributed by atoms with Gasteiger partial charge in [-0.25, -0.2) is 0 Å². The van der Waals surface area contributed by atoms with Crippen LogP contribution in [-0.4, -0.2) is 22.8 Å². The molecule has 1 amide bonds. The van der Waals surface area contributed by atoms with Gasteiger partial charge in [0.15, 0.2) is 0 Å². The lowest BCUT2D eigenvalue weighted by Gasteiger charge is -2.21. The summed E-state index contributed by atoms with van der Waals surface area (Å²) in [5.41, 5.74) is 0.983. The van der Waals surface area contributed by atoms with Gasteiger partial charge in [-0.2, -0.15) is 5.01 Å². The standard InChI is InChI=1S/C18H14Cl2N2O4/c1-10(23)22-18(14-5-3-4-6-16(14)25-11(2)24)26-17(21-22)13-8-7-12(19)9-15(13)20/h3-9,18H,1-2H3/t18-/m1/s1. The van der Waals surface area contributed by atoms with Gasteiger partial charge in [0.2, 0.25) is 18.0 Å². The van der Waals surface area contributed by atoms with Crippen LogP contribution in [0.1, 0.15) is 31.2 Å². The van der Waals surface area contributed by atoms with Gasteiger partial charge in [-0.05, 0) is 30.3 Å². The molecule has 1 heterocycles. The van der Waals surface area contributed by atoms with Gasteiger partial charge in [0.1, 0.15) is 5.75 Å². The minimum Gasteiger partial charge on any atom is -0.445 e. The first kappa shape index (κ1) is 18.2. The molecule has 0 saturated heterocycles. The largest absolute Gasteiger partial charge is 0.445 e. The molecule has 0 saturated carbocycles. The van der Waals surface area contributed by atoms with E-state index in [1.54, 1.807) is 42.5 Å². The van der Waals surface area contributed by atoms with Crippen molar-refractivity contribution in [2.75, 3.05) is 0 Å². The van der Waals surface area contributed by atoms with E-state index >= 15 is 0 Å². The number of nitrogens with zero attached hydrogens (tertiary/aromatic N) is 2. The van der Waals surface area contributed by atoms with Crippen LogP contribution in [0.15, 0.2) is 47.6 Å². The Morgan fingerprint density at radius 3 is 2.54 bits per heavy atom. The van der Waals surface area contributed by atoms with E-state index in [4.69, 9.17) is 32.7 Å². The van der Waals surface area contributed by atoms with Crippen LogP contribution < -0.4 is 4.74 Å². The third kappa shape index (κ3) is 3.66. The number of amides is 1. The molecule has 0 aliphatic carbocycles. The van der Waals surface area contributed by atoms with Crippen molar-refractivity contribution in [1.29, 1.82) is 0 Å². The predicted molar refractivity (Wildman–Crippen MR) is 97.1 cm³/mol. The number of carbonyl (C=O) groups is 2. The molecule has 0 radical (unpaired) electrons. The molecule has 2 aromatic rings. The number of hydrogen-bond donors (Lipinski definition) is 0. The Morgan fingerprint density at radius 1 is 1.15 bits per heavy atom. The molecular formula is C18H14Cl2N2O4. The Balaban J connectivity index is 2.00. The highest BCUT2D eigenvalue weighted by molar-refractivity contribution is 6.36. The summed E-state index contributed by atoms with van der Waals surface area (Å²) < 4.78 is 11.1. The molecule has 1 aliphatic heterocycles. The fraction of sp³-hybridized carbons (Fsp3) is 0.167. The molecular weight excluding hydrogens is 379 g/mol. The minimum absolute atomic E-state index is 0.171. The number of ether oxygens (including phenoxy) is 2. The van der Waals surface area contributed by atoms with Gasteiger partial charge in [-0.1, -0.05) is 35.3 Å². The molecule has 0 spiro atoms. The van der Waals surface area contributed by atoms with Crippen LogP contribution in [0.3, 0.4) is 0 Å². The number of halogens is 2. The normalized spacial score (nSPS) is 16.1. The van der Waals surface area contributed by atoms with Crippen LogP contribution in [0.25, 0.3) is 0 Å². The molecule has 2 aromatic carbocycles. The summed E-state index contributed by atoms with van der Waals surface area (Å²) in [6.07, 6.45) is -0.884. The first-order valence-electron chi connectivity index (χ1n) is 7.64. The van der Waals surface area contributed by atoms with E-state index in [0.717, 1.165) is 0 Å². The molecule has 1 atom stereocenters. The summed E-state index contributed by atoms with van der Waals surface area (Å²) in [5, 5.41) is 6.22. The van der Waals surface area contributed by atoms with E-state index in [0.29, 0.717) is 21.2 Å². The summed E-state index contributed by atoms with van der Waals surface area (Å²) in [6.45, 7) is 2.66. The molecule has 0 bridgehead atoms. The van der Waals surface area contributed by atoms with Gasteiger partial charge in [0.25, 0.3) is 0 Å². The predicted octanol–water partition coefficient (Wildman–Crippen LogP) is 4.16. The number of esters is 1. The quantitative estimate of drug-likeness (QED) is 0.580. The van der Waals surface area contributed by atoms with Crippen LogP contribution in [0, 0.1) is 0 Å². The Hall–Kier alpha value is -2.57. The van der Waals surface area contributed by atoms with Crippen molar-refractivity contribution >= 4 is 41.0 Å². The van der Waals surface area contributed by atoms with Gasteiger partial charge in [-0.3, -0.25) is 9.59 Å². The van der Waals surface area contributed by atoms with Crippen molar-refractivity contribution in [2.24, 2.45) is 5.10 Å². The highest BCUT2D eigenvalue weighted by Gasteiger charge is 2.35. The van der Waals surface area contributed by atoms with Crippen LogP contribution in [0.2, 0.25) is 10.0 Å². The molecule has 0 unspecified atom stereocenters. The summed E-state index contributed by atoms with van der Waals surface area (Å²) in [5.74, 6) is -0.362. The molecule has 1 aliphatic rings. The summed E-state index contributed by atoms with van der Waals surface area (Å²) in [6, 6.07) is 11.6. The fourth-order valence-corrected chi connectivity index (χ4v) is 2.96. The summed E-state index contributed by atoms with van der Waals surface area (Å²) in [7, 11) is 0. The third-order valence-electron chi connectivity index (χ3n) is 3.57. The van der Waals surface area contributed by atoms with E-state index in [1.807, 2.05) is 0 Å². The highest BCUT2D eigenvalue weighted by atomic mass is 35.5. The van der Waals surface area contributed by atoms with Crippen molar-refractivity contribution < 1.29 is 19.1 Å². The zero-order valence-corrected chi connectivity index (χ0v) is 15.4. The second kappa shape index (κ2) is 7.35. The fourth-order valence-electron chi connectivity index (χ4n) is 2.47. The molecule has 134 valence electrons. The Bertz CT molecular complexity index is 914. The molecule has 0 N–H and O–H groups in total. The van der Waals surface area contributed by atoms with E-state index in [9.17, 15) is 9.59 Å². The molecule has 6 nitrogen and oxygen atoms in total. The Morgan fingerprint density at radius 2 is 1.88 bits per heavy atom. The number of carbonyl (C=O) groups excluding carboxylic acids is 2. The highest BCUT2D eigenvalue weighted by Crippen LogP contribution is 2.36. The van der Waals surface area contributed by atoms with Gasteiger partial charge in [0, 0.05) is 18.9 Å². The summed E-state index contributed by atoms with van der Waals surface area (Å²) in [4.78, 5) is 23.4. The Labute approximate surface area is 159 Å². The van der Waals surface area contributed by atoms with E-state index < -0.39 is 12.2 Å². The Kier molecular flexibility index (Phi) is 5.15. The molecule has 26 heavy (non-hydrogen) atoms. The number of hydrogen-bond acceptors (Lipinski definition) is 5. The second-order valence-electron chi connectivity index (χ2n) is 5.49. The lowest BCUT2D eigenvalue weighted by Crippen LogP contribution is -2.26. The first-order chi connectivity index (χ1) is 12.4. The number of rotatable bonds is 3. The van der Waals surface area contributed by atoms with Crippen LogP contribution >= 0.6 is 23.2 Å². The van der Waals surface area contributed by atoms with Gasteiger partial charge in [-0.15, -0.1) is 5.10 Å². The third-order valence-corrected chi connectivity index (χ3v) is 4.11. The van der Waals surface area contributed by atoms with E-state index in [-0.39, 0.29) is 17.6 Å². The number of benzene rings is 2. The molecule has 0 fully saturated rings. The van der Waals surface area contributed by atoms with Crippen LogP contribution in [-0.2, 0) is 14.3 Å². The average Bonchev–Trinajstić information content (AvgIpc) is 3.00. The number of para-hydroxylation sites is 1.